The van der Waals surface area contributed by atoms with E-state index in [1.807, 2.05) is 0 Å². The fourth-order valence-corrected chi connectivity index (χ4v) is 4.74. The maximum Gasteiger partial charge on any atom is 0.211 e. The molecule has 1 unspecified atom stereocenters. The van der Waals surface area contributed by atoms with E-state index in [0.717, 1.165) is 17.3 Å². The molecule has 0 amide bonds. The van der Waals surface area contributed by atoms with Crippen molar-refractivity contribution in [2.24, 2.45) is 5.92 Å². The summed E-state index contributed by atoms with van der Waals surface area (Å²) in [6.07, 6.45) is 3.12. The molecule has 1 aromatic carbocycles. The van der Waals surface area contributed by atoms with Gasteiger partial charge in [-0.25, -0.2) is 12.7 Å². The lowest BCUT2D eigenvalue weighted by Gasteiger charge is -2.31. The second-order valence-corrected chi connectivity index (χ2v) is 8.97. The SMILES string of the molecule is CS(=O)(=O)N1CCCC(CNc2c(Cl)cc(Br)cc2Cl)C1. The van der Waals surface area contributed by atoms with Crippen molar-refractivity contribution in [3.8, 4) is 0 Å². The molecule has 1 atom stereocenters. The number of hydrogen-bond donors (Lipinski definition) is 1. The van der Waals surface area contributed by atoms with Crippen LogP contribution >= 0.6 is 39.1 Å². The molecule has 1 heterocycles. The number of nitrogens with zero attached hydrogens (tertiary/aromatic N) is 1. The number of sulfonamides is 1. The predicted octanol–water partition coefficient (Wildman–Crippen LogP) is 3.84. The van der Waals surface area contributed by atoms with Crippen LogP contribution in [-0.4, -0.2) is 38.6 Å². The van der Waals surface area contributed by atoms with Crippen LogP contribution in [0.25, 0.3) is 0 Å². The zero-order valence-electron chi connectivity index (χ0n) is 11.6. The molecule has 1 aromatic rings. The fourth-order valence-electron chi connectivity index (χ4n) is 2.45. The molecule has 0 spiro atoms. The predicted molar refractivity (Wildman–Crippen MR) is 91.8 cm³/mol. The van der Waals surface area contributed by atoms with Crippen LogP contribution < -0.4 is 5.32 Å². The van der Waals surface area contributed by atoms with Crippen molar-refractivity contribution >= 4 is 54.8 Å². The van der Waals surface area contributed by atoms with Gasteiger partial charge in [-0.1, -0.05) is 39.1 Å². The lowest BCUT2D eigenvalue weighted by Crippen LogP contribution is -2.41. The highest BCUT2D eigenvalue weighted by atomic mass is 79.9. The lowest BCUT2D eigenvalue weighted by molar-refractivity contribution is 0.277. The second kappa shape index (κ2) is 7.04. The summed E-state index contributed by atoms with van der Waals surface area (Å²) in [6, 6.07) is 3.55. The first-order valence-electron chi connectivity index (χ1n) is 6.61. The minimum Gasteiger partial charge on any atom is -0.382 e. The van der Waals surface area contributed by atoms with Crippen molar-refractivity contribution < 1.29 is 8.42 Å². The smallest absolute Gasteiger partial charge is 0.211 e. The lowest BCUT2D eigenvalue weighted by atomic mass is 9.99. The van der Waals surface area contributed by atoms with E-state index in [1.165, 1.54) is 10.6 Å². The van der Waals surface area contributed by atoms with E-state index in [2.05, 4.69) is 21.2 Å². The molecule has 118 valence electrons. The molecular weight excluding hydrogens is 399 g/mol. The molecule has 1 N–H and O–H groups in total. The summed E-state index contributed by atoms with van der Waals surface area (Å²) in [7, 11) is -3.12. The topological polar surface area (TPSA) is 49.4 Å². The standard InChI is InChI=1S/C13H17BrCl2N2O2S/c1-21(19,20)18-4-2-3-9(8-18)7-17-13-11(15)5-10(14)6-12(13)16/h5-6,9,17H,2-4,7-8H2,1H3. The number of halogens is 3. The first-order chi connectivity index (χ1) is 9.77. The van der Waals surface area contributed by atoms with Crippen LogP contribution in [0.1, 0.15) is 12.8 Å². The van der Waals surface area contributed by atoms with Crippen LogP contribution in [0.15, 0.2) is 16.6 Å². The fraction of sp³-hybridized carbons (Fsp3) is 0.538. The molecule has 1 saturated heterocycles. The van der Waals surface area contributed by atoms with Crippen molar-refractivity contribution in [3.05, 3.63) is 26.7 Å². The molecule has 0 aliphatic carbocycles. The van der Waals surface area contributed by atoms with Gasteiger partial charge in [-0.2, -0.15) is 0 Å². The average Bonchev–Trinajstić information content (AvgIpc) is 2.36. The van der Waals surface area contributed by atoms with Crippen LogP contribution in [0.5, 0.6) is 0 Å². The van der Waals surface area contributed by atoms with Crippen molar-refractivity contribution in [3.63, 3.8) is 0 Å². The largest absolute Gasteiger partial charge is 0.382 e. The summed E-state index contributed by atoms with van der Waals surface area (Å²) in [5.74, 6) is 0.254. The molecule has 1 aliphatic heterocycles. The zero-order chi connectivity index (χ0) is 15.6. The number of nitrogens with one attached hydrogen (secondary N) is 1. The molecule has 21 heavy (non-hydrogen) atoms. The summed E-state index contributed by atoms with van der Waals surface area (Å²) in [5, 5.41) is 4.34. The van der Waals surface area contributed by atoms with Crippen LogP contribution in [0.4, 0.5) is 5.69 Å². The Morgan fingerprint density at radius 3 is 2.57 bits per heavy atom. The number of anilines is 1. The van der Waals surface area contributed by atoms with Crippen molar-refractivity contribution in [1.29, 1.82) is 0 Å². The minimum atomic E-state index is -3.12. The first-order valence-corrected chi connectivity index (χ1v) is 10.0. The molecule has 0 radical (unpaired) electrons. The van der Waals surface area contributed by atoms with E-state index in [0.29, 0.717) is 35.4 Å². The quantitative estimate of drug-likeness (QED) is 0.812. The van der Waals surface area contributed by atoms with Gasteiger partial charge in [0.1, 0.15) is 0 Å². The van der Waals surface area contributed by atoms with Gasteiger partial charge in [0.15, 0.2) is 0 Å². The van der Waals surface area contributed by atoms with Gasteiger partial charge in [0.25, 0.3) is 0 Å². The zero-order valence-corrected chi connectivity index (χ0v) is 15.5. The summed E-state index contributed by atoms with van der Waals surface area (Å²) < 4.78 is 25.6. The van der Waals surface area contributed by atoms with Crippen LogP contribution in [0.2, 0.25) is 10.0 Å². The highest BCUT2D eigenvalue weighted by molar-refractivity contribution is 9.10. The van der Waals surface area contributed by atoms with Gasteiger partial charge < -0.3 is 5.32 Å². The Hall–Kier alpha value is -0.0100. The Bertz CT molecular complexity index is 602. The third-order valence-corrected chi connectivity index (χ3v) is 5.85. The van der Waals surface area contributed by atoms with Gasteiger partial charge in [0.2, 0.25) is 10.0 Å². The number of hydrogen-bond acceptors (Lipinski definition) is 3. The summed E-state index contributed by atoms with van der Waals surface area (Å²) in [5.41, 5.74) is 0.693. The third-order valence-electron chi connectivity index (χ3n) is 3.53. The minimum absolute atomic E-state index is 0.254. The number of benzene rings is 1. The van der Waals surface area contributed by atoms with E-state index in [4.69, 9.17) is 23.2 Å². The molecule has 1 aliphatic rings. The summed E-state index contributed by atoms with van der Waals surface area (Å²) in [4.78, 5) is 0. The second-order valence-electron chi connectivity index (χ2n) is 5.25. The molecule has 0 aromatic heterocycles. The van der Waals surface area contributed by atoms with Crippen LogP contribution in [-0.2, 0) is 10.0 Å². The first kappa shape index (κ1) is 17.3. The summed E-state index contributed by atoms with van der Waals surface area (Å²) in [6.45, 7) is 1.79. The molecule has 0 bridgehead atoms. The van der Waals surface area contributed by atoms with Crippen LogP contribution in [0, 0.1) is 5.92 Å². The van der Waals surface area contributed by atoms with Gasteiger partial charge in [0, 0.05) is 24.1 Å². The van der Waals surface area contributed by atoms with E-state index >= 15 is 0 Å². The Kier molecular flexibility index (Phi) is 5.82. The maximum absolute atomic E-state index is 11.6. The Labute approximate surface area is 144 Å². The van der Waals surface area contributed by atoms with Gasteiger partial charge in [-0.05, 0) is 30.9 Å². The number of piperidine rings is 1. The van der Waals surface area contributed by atoms with Crippen molar-refractivity contribution in [1.82, 2.24) is 4.31 Å². The molecule has 0 saturated carbocycles. The third kappa shape index (κ3) is 4.73. The highest BCUT2D eigenvalue weighted by Gasteiger charge is 2.25. The van der Waals surface area contributed by atoms with E-state index in [9.17, 15) is 8.42 Å². The van der Waals surface area contributed by atoms with E-state index < -0.39 is 10.0 Å². The van der Waals surface area contributed by atoms with Crippen molar-refractivity contribution in [2.45, 2.75) is 12.8 Å². The van der Waals surface area contributed by atoms with Crippen molar-refractivity contribution in [2.75, 3.05) is 31.2 Å². The van der Waals surface area contributed by atoms with E-state index in [1.54, 1.807) is 12.1 Å². The van der Waals surface area contributed by atoms with Gasteiger partial charge in [-0.15, -0.1) is 0 Å². The van der Waals surface area contributed by atoms with Gasteiger partial charge in [0.05, 0.1) is 22.0 Å². The van der Waals surface area contributed by atoms with Gasteiger partial charge in [-0.3, -0.25) is 0 Å². The molecule has 2 rings (SSSR count). The molecular formula is C13H17BrCl2N2O2S. The maximum atomic E-state index is 11.6. The summed E-state index contributed by atoms with van der Waals surface area (Å²) >= 11 is 15.7. The van der Waals surface area contributed by atoms with Crippen LogP contribution in [0.3, 0.4) is 0 Å². The number of rotatable bonds is 4. The molecule has 4 nitrogen and oxygen atoms in total. The highest BCUT2D eigenvalue weighted by Crippen LogP contribution is 2.34. The normalized spacial score (nSPS) is 20.5. The Balaban J connectivity index is 2.00. The Morgan fingerprint density at radius 2 is 2.00 bits per heavy atom. The average molecular weight is 416 g/mol. The Morgan fingerprint density at radius 1 is 1.38 bits per heavy atom. The molecule has 1 fully saturated rings. The molecule has 8 heteroatoms. The van der Waals surface area contributed by atoms with E-state index in [-0.39, 0.29) is 5.92 Å². The monoisotopic (exact) mass is 414 g/mol. The van der Waals surface area contributed by atoms with Gasteiger partial charge >= 0.3 is 0 Å².